The van der Waals surface area contributed by atoms with Crippen molar-refractivity contribution in [2.24, 2.45) is 10.8 Å². The lowest BCUT2D eigenvalue weighted by Gasteiger charge is -2.16. The van der Waals surface area contributed by atoms with Crippen molar-refractivity contribution in [3.63, 3.8) is 0 Å². The van der Waals surface area contributed by atoms with Crippen molar-refractivity contribution in [1.29, 1.82) is 0 Å². The second kappa shape index (κ2) is 9.47. The third kappa shape index (κ3) is 4.15. The fourth-order valence-electron chi connectivity index (χ4n) is 6.53. The van der Waals surface area contributed by atoms with Gasteiger partial charge in [0, 0.05) is 30.4 Å². The van der Waals surface area contributed by atoms with Gasteiger partial charge in [-0.25, -0.2) is 0 Å². The topological polar surface area (TPSA) is 186 Å². The first-order valence-electron chi connectivity index (χ1n) is 14.2. The van der Waals surface area contributed by atoms with Crippen LogP contribution in [0.4, 0.5) is 0 Å². The Morgan fingerprint density at radius 1 is 0.659 bits per heavy atom. The molecular weight excluding hydrogens is 580 g/mol. The third-order valence-electron chi connectivity index (χ3n) is 9.42. The van der Waals surface area contributed by atoms with Crippen molar-refractivity contribution < 1.29 is 57.9 Å². The molecule has 14 nitrogen and oxygen atoms in total. The van der Waals surface area contributed by atoms with Crippen molar-refractivity contribution in [1.82, 2.24) is 9.80 Å². The molecule has 4 amide bonds. The van der Waals surface area contributed by atoms with Crippen LogP contribution in [0.1, 0.15) is 25.7 Å². The summed E-state index contributed by atoms with van der Waals surface area (Å²) in [5.41, 5.74) is -3.36. The highest BCUT2D eigenvalue weighted by molar-refractivity contribution is 6.16. The molecule has 4 fully saturated rings. The smallest absolute Gasteiger partial charge is 0.314 e. The van der Waals surface area contributed by atoms with E-state index in [1.165, 1.54) is 30.4 Å². The van der Waals surface area contributed by atoms with Gasteiger partial charge in [-0.3, -0.25) is 38.6 Å². The van der Waals surface area contributed by atoms with Gasteiger partial charge < -0.3 is 29.2 Å². The number of nitrogens with zero attached hydrogens (tertiary/aromatic N) is 2. The van der Waals surface area contributed by atoms with Crippen LogP contribution in [0.15, 0.2) is 48.6 Å². The lowest BCUT2D eigenvalue weighted by Crippen LogP contribution is -2.37. The zero-order chi connectivity index (χ0) is 31.1. The average Bonchev–Trinajstić information content (AvgIpc) is 3.93. The molecule has 2 aliphatic heterocycles. The van der Waals surface area contributed by atoms with Crippen LogP contribution < -0.4 is 9.47 Å². The zero-order valence-corrected chi connectivity index (χ0v) is 23.3. The number of hydrogen-bond acceptors (Lipinski definition) is 12. The maximum absolute atomic E-state index is 12.6. The predicted octanol–water partition coefficient (Wildman–Crippen LogP) is -0.832. The van der Waals surface area contributed by atoms with Crippen LogP contribution in [0.3, 0.4) is 0 Å². The zero-order valence-electron chi connectivity index (χ0n) is 23.3. The van der Waals surface area contributed by atoms with Crippen molar-refractivity contribution in [3.8, 4) is 11.5 Å². The van der Waals surface area contributed by atoms with Crippen LogP contribution in [0, 0.1) is 10.8 Å². The number of esters is 2. The number of aliphatic hydroxyl groups is 2. The molecule has 0 saturated heterocycles. The van der Waals surface area contributed by atoms with E-state index in [-0.39, 0.29) is 26.4 Å². The normalized spacial score (nSPS) is 33.0. The summed E-state index contributed by atoms with van der Waals surface area (Å²) in [7, 11) is 0. The number of amides is 4. The summed E-state index contributed by atoms with van der Waals surface area (Å²) in [6.07, 6.45) is 3.87. The molecule has 0 bridgehead atoms. The fraction of sp³-hybridized carbons (Fsp3) is 0.467. The van der Waals surface area contributed by atoms with E-state index in [9.17, 15) is 39.0 Å². The van der Waals surface area contributed by atoms with Gasteiger partial charge in [-0.15, -0.1) is 0 Å². The summed E-state index contributed by atoms with van der Waals surface area (Å²) < 4.78 is 21.6. The highest BCUT2D eigenvalue weighted by atomic mass is 16.6. The van der Waals surface area contributed by atoms with E-state index >= 15 is 0 Å². The number of hydrogen-bond donors (Lipinski definition) is 2. The van der Waals surface area contributed by atoms with Gasteiger partial charge in [-0.05, 0) is 37.8 Å². The maximum atomic E-state index is 12.6. The molecule has 2 N–H and O–H groups in total. The first-order chi connectivity index (χ1) is 21.0. The number of carbonyl (C=O) groups is 6. The van der Waals surface area contributed by atoms with Crippen LogP contribution in [0.5, 0.6) is 11.5 Å². The van der Waals surface area contributed by atoms with Crippen LogP contribution >= 0.6 is 0 Å². The van der Waals surface area contributed by atoms with E-state index < -0.39 is 69.7 Å². The summed E-state index contributed by atoms with van der Waals surface area (Å²) in [4.78, 5) is 75.2. The Bertz CT molecular complexity index is 1420. The second-order valence-corrected chi connectivity index (χ2v) is 12.2. The van der Waals surface area contributed by atoms with Gasteiger partial charge in [0.25, 0.3) is 23.6 Å². The Morgan fingerprint density at radius 3 is 1.39 bits per heavy atom. The van der Waals surface area contributed by atoms with Crippen molar-refractivity contribution in [2.45, 2.75) is 49.0 Å². The molecule has 0 spiro atoms. The monoisotopic (exact) mass is 608 g/mol. The molecule has 6 aliphatic rings. The number of aliphatic hydroxyl groups excluding tert-OH is 2. The first kappa shape index (κ1) is 28.2. The van der Waals surface area contributed by atoms with Crippen molar-refractivity contribution in [2.75, 3.05) is 26.4 Å². The minimum Gasteiger partial charge on any atom is -0.491 e. The van der Waals surface area contributed by atoms with Gasteiger partial charge in [0.2, 0.25) is 0 Å². The number of carbonyl (C=O) groups excluding carboxylic acids is 6. The van der Waals surface area contributed by atoms with Gasteiger partial charge in [0.05, 0.1) is 21.9 Å². The van der Waals surface area contributed by atoms with E-state index in [2.05, 4.69) is 0 Å². The summed E-state index contributed by atoms with van der Waals surface area (Å²) in [6, 6.07) is 6.39. The van der Waals surface area contributed by atoms with Crippen LogP contribution in [-0.4, -0.2) is 105 Å². The Hall–Kier alpha value is -4.56. The van der Waals surface area contributed by atoms with Crippen molar-refractivity contribution >= 4 is 35.6 Å². The minimum absolute atomic E-state index is 0.200. The van der Waals surface area contributed by atoms with E-state index in [0.717, 1.165) is 9.80 Å². The maximum Gasteiger partial charge on any atom is 0.314 e. The molecule has 4 aliphatic carbocycles. The molecule has 230 valence electrons. The molecule has 2 unspecified atom stereocenters. The quantitative estimate of drug-likeness (QED) is 0.198. The third-order valence-corrected chi connectivity index (χ3v) is 9.42. The molecule has 0 radical (unpaired) electrons. The number of rotatable bonds is 14. The largest absolute Gasteiger partial charge is 0.491 e. The molecule has 4 saturated carbocycles. The van der Waals surface area contributed by atoms with Gasteiger partial charge in [0.1, 0.15) is 50.1 Å². The van der Waals surface area contributed by atoms with Gasteiger partial charge in [-0.1, -0.05) is 6.07 Å². The van der Waals surface area contributed by atoms with Gasteiger partial charge in [-0.2, -0.15) is 0 Å². The highest BCUT2D eigenvalue weighted by Crippen LogP contribution is 2.83. The average molecular weight is 609 g/mol. The molecule has 44 heavy (non-hydrogen) atoms. The first-order valence-corrected chi connectivity index (χ1v) is 14.2. The fourth-order valence-corrected chi connectivity index (χ4v) is 6.53. The lowest BCUT2D eigenvalue weighted by molar-refractivity contribution is -0.152. The Morgan fingerprint density at radius 2 is 1.02 bits per heavy atom. The SMILES string of the molecule is O=C1C=CC(=O)N1C12CC1(C(=O)OCC(O)COc1cccc(OCC(O)COC(=O)C34CC3(N3C(=O)C=CC3=O)C4)c1)C2. The Balaban J connectivity index is 0.807. The van der Waals surface area contributed by atoms with Crippen LogP contribution in [0.2, 0.25) is 0 Å². The van der Waals surface area contributed by atoms with E-state index in [4.69, 9.17) is 18.9 Å². The Kier molecular flexibility index (Phi) is 6.07. The van der Waals surface area contributed by atoms with Gasteiger partial charge >= 0.3 is 11.9 Å². The molecule has 0 aromatic heterocycles. The van der Waals surface area contributed by atoms with E-state index in [1.54, 1.807) is 18.2 Å². The minimum atomic E-state index is -1.14. The molecule has 2 atom stereocenters. The van der Waals surface area contributed by atoms with E-state index in [1.807, 2.05) is 0 Å². The number of ether oxygens (including phenoxy) is 4. The summed E-state index contributed by atoms with van der Waals surface area (Å²) in [5, 5.41) is 20.5. The van der Waals surface area contributed by atoms with Crippen LogP contribution in [0.25, 0.3) is 0 Å². The van der Waals surface area contributed by atoms with Crippen molar-refractivity contribution in [3.05, 3.63) is 48.6 Å². The summed E-state index contributed by atoms with van der Waals surface area (Å²) >= 11 is 0. The van der Waals surface area contributed by atoms with Gasteiger partial charge in [0.15, 0.2) is 0 Å². The molecular formula is C30H28N2O12. The molecule has 2 heterocycles. The summed E-state index contributed by atoms with van der Waals surface area (Å²) in [5.74, 6) is -2.20. The number of benzene rings is 1. The predicted molar refractivity (Wildman–Crippen MR) is 142 cm³/mol. The second-order valence-electron chi connectivity index (χ2n) is 12.2. The Labute approximate surface area is 249 Å². The standard InChI is InChI=1S/C30H28N2O12/c33-17(11-43-25(39)27-13-29(27,14-27)31-21(35)4-5-22(31)36)9-41-19-2-1-3-20(8-19)42-10-18(34)12-44-26(40)28-15-30(28,16-28)32-23(37)6-7-24(32)38/h1-8,17-18,33-34H,9-16H2. The number of imide groups is 2. The molecule has 1 aromatic carbocycles. The summed E-state index contributed by atoms with van der Waals surface area (Å²) in [6.45, 7) is -1.06. The highest BCUT2D eigenvalue weighted by Gasteiger charge is 2.93. The van der Waals surface area contributed by atoms with E-state index in [0.29, 0.717) is 37.2 Å². The molecule has 7 rings (SSSR count). The number of fused-ring (bicyclic) bond motifs is 2. The lowest BCUT2D eigenvalue weighted by atomic mass is 10.2. The molecule has 1 aromatic rings. The molecule has 14 heteroatoms. The van der Waals surface area contributed by atoms with Crippen LogP contribution in [-0.2, 0) is 38.2 Å².